The van der Waals surface area contributed by atoms with E-state index in [-0.39, 0.29) is 6.61 Å². The lowest BCUT2D eigenvalue weighted by Crippen LogP contribution is -2.36. The van der Waals surface area contributed by atoms with Crippen molar-refractivity contribution in [2.75, 3.05) is 29.9 Å². The summed E-state index contributed by atoms with van der Waals surface area (Å²) in [5, 5.41) is 17.6. The van der Waals surface area contributed by atoms with Gasteiger partial charge < -0.3 is 15.3 Å². The van der Waals surface area contributed by atoms with Gasteiger partial charge in [-0.05, 0) is 43.7 Å². The number of piperidine rings is 1. The van der Waals surface area contributed by atoms with Crippen LogP contribution in [0.25, 0.3) is 11.0 Å². The zero-order chi connectivity index (χ0) is 20.2. The molecule has 0 bridgehead atoms. The second-order valence-corrected chi connectivity index (χ2v) is 7.55. The van der Waals surface area contributed by atoms with Crippen molar-refractivity contribution in [2.24, 2.45) is 5.92 Å². The number of aryl methyl sites for hydroxylation is 2. The lowest BCUT2D eigenvalue weighted by molar-refractivity contribution is 0.202. The van der Waals surface area contributed by atoms with Crippen LogP contribution in [0, 0.1) is 5.92 Å². The van der Waals surface area contributed by atoms with E-state index in [1.165, 1.54) is 0 Å². The average molecular weight is 396 g/mol. The van der Waals surface area contributed by atoms with Gasteiger partial charge in [-0.15, -0.1) is 0 Å². The first kappa shape index (κ1) is 19.6. The molecule has 0 amide bonds. The van der Waals surface area contributed by atoms with Crippen LogP contribution in [0.5, 0.6) is 0 Å². The first-order valence-electron chi connectivity index (χ1n) is 10.5. The van der Waals surface area contributed by atoms with Crippen LogP contribution in [0.3, 0.4) is 0 Å². The molecule has 0 spiro atoms. The summed E-state index contributed by atoms with van der Waals surface area (Å²) >= 11 is 0. The Kier molecular flexibility index (Phi) is 5.89. The molecule has 1 aliphatic heterocycles. The highest BCUT2D eigenvalue weighted by molar-refractivity contribution is 5.90. The fourth-order valence-electron chi connectivity index (χ4n) is 3.85. The van der Waals surface area contributed by atoms with Crippen LogP contribution < -0.4 is 10.2 Å². The van der Waals surface area contributed by atoms with E-state index in [0.29, 0.717) is 5.92 Å². The Hall–Kier alpha value is -2.74. The maximum Gasteiger partial charge on any atom is 0.228 e. The Bertz CT molecular complexity index is 949. The molecule has 1 saturated heterocycles. The van der Waals surface area contributed by atoms with Gasteiger partial charge in [0, 0.05) is 32.4 Å². The summed E-state index contributed by atoms with van der Waals surface area (Å²) < 4.78 is 2.02. The molecule has 2 N–H and O–H groups in total. The Morgan fingerprint density at radius 3 is 2.66 bits per heavy atom. The smallest absolute Gasteiger partial charge is 0.228 e. The Balaban J connectivity index is 1.79. The molecule has 154 valence electrons. The van der Waals surface area contributed by atoms with E-state index in [0.717, 1.165) is 79.6 Å². The van der Waals surface area contributed by atoms with Crippen LogP contribution in [0.2, 0.25) is 0 Å². The SMILES string of the molecule is CCCn1nc(CC)c2nc(N3CCC(CO)CC3)nc(Nc3ccccn3)c21. The van der Waals surface area contributed by atoms with Gasteiger partial charge in [-0.25, -0.2) is 9.97 Å². The fourth-order valence-corrected chi connectivity index (χ4v) is 3.85. The molecule has 0 unspecified atom stereocenters. The summed E-state index contributed by atoms with van der Waals surface area (Å²) in [5.41, 5.74) is 2.84. The number of aliphatic hydroxyl groups excluding tert-OH is 1. The minimum atomic E-state index is 0.254. The Morgan fingerprint density at radius 2 is 2.00 bits per heavy atom. The largest absolute Gasteiger partial charge is 0.396 e. The van der Waals surface area contributed by atoms with Gasteiger partial charge >= 0.3 is 0 Å². The van der Waals surface area contributed by atoms with Crippen molar-refractivity contribution >= 4 is 28.6 Å². The summed E-state index contributed by atoms with van der Waals surface area (Å²) in [6.45, 7) is 7.03. The first-order valence-corrected chi connectivity index (χ1v) is 10.5. The number of aliphatic hydroxyl groups is 1. The van der Waals surface area contributed by atoms with Crippen molar-refractivity contribution in [3.8, 4) is 0 Å². The minimum Gasteiger partial charge on any atom is -0.396 e. The molecule has 0 aliphatic carbocycles. The molecule has 4 rings (SSSR count). The predicted molar refractivity (Wildman–Crippen MR) is 115 cm³/mol. The van der Waals surface area contributed by atoms with E-state index >= 15 is 0 Å². The van der Waals surface area contributed by atoms with E-state index in [1.54, 1.807) is 6.20 Å². The molecular weight excluding hydrogens is 366 g/mol. The second-order valence-electron chi connectivity index (χ2n) is 7.55. The summed E-state index contributed by atoms with van der Waals surface area (Å²) in [6, 6.07) is 5.78. The number of aromatic nitrogens is 5. The molecule has 3 aromatic rings. The maximum atomic E-state index is 9.44. The quantitative estimate of drug-likeness (QED) is 0.635. The predicted octanol–water partition coefficient (Wildman–Crippen LogP) is 3.15. The van der Waals surface area contributed by atoms with Gasteiger partial charge in [0.25, 0.3) is 0 Å². The van der Waals surface area contributed by atoms with E-state index in [2.05, 4.69) is 29.0 Å². The first-order chi connectivity index (χ1) is 14.2. The fraction of sp³-hybridized carbons (Fsp3) is 0.524. The van der Waals surface area contributed by atoms with Crippen molar-refractivity contribution in [1.29, 1.82) is 0 Å². The molecule has 0 atom stereocenters. The Labute approximate surface area is 171 Å². The van der Waals surface area contributed by atoms with Crippen LogP contribution in [-0.4, -0.2) is 49.5 Å². The van der Waals surface area contributed by atoms with Crippen LogP contribution in [0.4, 0.5) is 17.6 Å². The van der Waals surface area contributed by atoms with Gasteiger partial charge in [0.05, 0.1) is 5.69 Å². The van der Waals surface area contributed by atoms with Crippen LogP contribution in [0.1, 0.15) is 38.8 Å². The molecular formula is C21H29N7O. The summed E-state index contributed by atoms with van der Waals surface area (Å²) in [4.78, 5) is 16.5. The molecule has 4 heterocycles. The summed E-state index contributed by atoms with van der Waals surface area (Å²) in [5.74, 6) is 2.59. The molecule has 1 aliphatic rings. The minimum absolute atomic E-state index is 0.254. The summed E-state index contributed by atoms with van der Waals surface area (Å²) in [6.07, 6.45) is 5.48. The van der Waals surface area contributed by atoms with E-state index in [1.807, 2.05) is 22.9 Å². The zero-order valence-corrected chi connectivity index (χ0v) is 17.2. The third kappa shape index (κ3) is 4.03. The number of rotatable bonds is 7. The highest BCUT2D eigenvalue weighted by Gasteiger charge is 2.24. The van der Waals surface area contributed by atoms with Crippen molar-refractivity contribution in [3.05, 3.63) is 30.1 Å². The van der Waals surface area contributed by atoms with E-state index in [9.17, 15) is 5.11 Å². The average Bonchev–Trinajstić information content (AvgIpc) is 3.12. The summed E-state index contributed by atoms with van der Waals surface area (Å²) in [7, 11) is 0. The number of nitrogens with one attached hydrogen (secondary N) is 1. The van der Waals surface area contributed by atoms with Crippen molar-refractivity contribution in [2.45, 2.75) is 46.1 Å². The highest BCUT2D eigenvalue weighted by atomic mass is 16.3. The molecule has 8 heteroatoms. The highest BCUT2D eigenvalue weighted by Crippen LogP contribution is 2.30. The number of hydrogen-bond donors (Lipinski definition) is 2. The van der Waals surface area contributed by atoms with Gasteiger partial charge in [0.15, 0.2) is 5.82 Å². The Morgan fingerprint density at radius 1 is 1.17 bits per heavy atom. The van der Waals surface area contributed by atoms with Crippen LogP contribution in [-0.2, 0) is 13.0 Å². The monoisotopic (exact) mass is 395 g/mol. The maximum absolute atomic E-state index is 9.44. The van der Waals surface area contributed by atoms with E-state index < -0.39 is 0 Å². The number of nitrogens with zero attached hydrogens (tertiary/aromatic N) is 6. The number of fused-ring (bicyclic) bond motifs is 1. The van der Waals surface area contributed by atoms with Crippen LogP contribution in [0.15, 0.2) is 24.4 Å². The van der Waals surface area contributed by atoms with Gasteiger partial charge in [0.2, 0.25) is 5.95 Å². The third-order valence-electron chi connectivity index (χ3n) is 5.48. The molecule has 0 saturated carbocycles. The molecule has 0 aromatic carbocycles. The van der Waals surface area contributed by atoms with Gasteiger partial charge in [-0.3, -0.25) is 4.68 Å². The lowest BCUT2D eigenvalue weighted by atomic mass is 9.98. The molecule has 8 nitrogen and oxygen atoms in total. The van der Waals surface area contributed by atoms with Gasteiger partial charge in [-0.2, -0.15) is 10.1 Å². The number of hydrogen-bond acceptors (Lipinski definition) is 7. The van der Waals surface area contributed by atoms with Crippen LogP contribution >= 0.6 is 0 Å². The number of pyridine rings is 1. The normalized spacial score (nSPS) is 15.2. The standard InChI is InChI=1S/C21H29N7O/c1-3-11-28-19-18(16(4-2)26-28)24-21(27-12-8-15(14-29)9-13-27)25-20(19)23-17-7-5-6-10-22-17/h5-7,10,15,29H,3-4,8-9,11-14H2,1-2H3,(H,22,23,24,25). The van der Waals surface area contributed by atoms with Gasteiger partial charge in [0.1, 0.15) is 16.9 Å². The molecule has 3 aromatic heterocycles. The molecule has 29 heavy (non-hydrogen) atoms. The zero-order valence-electron chi connectivity index (χ0n) is 17.2. The topological polar surface area (TPSA) is 92.0 Å². The van der Waals surface area contributed by atoms with Crippen molar-refractivity contribution < 1.29 is 5.11 Å². The van der Waals surface area contributed by atoms with Crippen molar-refractivity contribution in [1.82, 2.24) is 24.7 Å². The molecule has 1 fully saturated rings. The van der Waals surface area contributed by atoms with Gasteiger partial charge in [-0.1, -0.05) is 19.9 Å². The lowest BCUT2D eigenvalue weighted by Gasteiger charge is -2.31. The van der Waals surface area contributed by atoms with Crippen molar-refractivity contribution in [3.63, 3.8) is 0 Å². The second kappa shape index (κ2) is 8.73. The number of anilines is 3. The van der Waals surface area contributed by atoms with E-state index in [4.69, 9.17) is 15.1 Å². The third-order valence-corrected chi connectivity index (χ3v) is 5.48. The molecule has 0 radical (unpaired) electrons.